The molecule has 0 amide bonds. The molecule has 0 saturated carbocycles. The van der Waals surface area contributed by atoms with Crippen LogP contribution in [-0.2, 0) is 0 Å². The molecule has 0 aromatic carbocycles. The van der Waals surface area contributed by atoms with Gasteiger partial charge >= 0.3 is 0 Å². The van der Waals surface area contributed by atoms with Crippen molar-refractivity contribution in [2.75, 3.05) is 26.7 Å². The summed E-state index contributed by atoms with van der Waals surface area (Å²) in [6.07, 6.45) is 4.10. The van der Waals surface area contributed by atoms with Crippen molar-refractivity contribution in [1.29, 1.82) is 0 Å². The molecule has 2 atom stereocenters. The molecule has 1 aromatic rings. The molecule has 17 heavy (non-hydrogen) atoms. The van der Waals surface area contributed by atoms with Crippen molar-refractivity contribution in [1.82, 2.24) is 10.2 Å². The van der Waals surface area contributed by atoms with E-state index in [-0.39, 0.29) is 0 Å². The predicted octanol–water partition coefficient (Wildman–Crippen LogP) is 3.13. The average Bonchev–Trinajstić information content (AvgIpc) is 2.90. The summed E-state index contributed by atoms with van der Waals surface area (Å²) in [4.78, 5) is 3.97. The molecule has 1 aliphatic heterocycles. The third-order valence-corrected chi connectivity index (χ3v) is 4.95. The molecular weight excluding hydrogens is 228 g/mol. The largest absolute Gasteiger partial charge is 0.316 e. The third kappa shape index (κ3) is 3.80. The fourth-order valence-corrected chi connectivity index (χ4v) is 3.34. The Morgan fingerprint density at radius 2 is 2.47 bits per heavy atom. The lowest BCUT2D eigenvalue weighted by Crippen LogP contribution is -2.32. The number of hydrogen-bond donors (Lipinski definition) is 1. The molecule has 96 valence electrons. The van der Waals surface area contributed by atoms with E-state index in [1.54, 1.807) is 0 Å². The van der Waals surface area contributed by atoms with Gasteiger partial charge in [0.15, 0.2) is 0 Å². The van der Waals surface area contributed by atoms with Gasteiger partial charge in [-0.1, -0.05) is 6.07 Å². The van der Waals surface area contributed by atoms with E-state index in [2.05, 4.69) is 41.7 Å². The van der Waals surface area contributed by atoms with Gasteiger partial charge in [0.05, 0.1) is 0 Å². The van der Waals surface area contributed by atoms with Crippen LogP contribution in [0.4, 0.5) is 0 Å². The monoisotopic (exact) mass is 252 g/mol. The second kappa shape index (κ2) is 6.53. The van der Waals surface area contributed by atoms with Gasteiger partial charge in [-0.2, -0.15) is 0 Å². The van der Waals surface area contributed by atoms with E-state index in [1.165, 1.54) is 43.8 Å². The van der Waals surface area contributed by atoms with Gasteiger partial charge in [-0.3, -0.25) is 4.90 Å². The van der Waals surface area contributed by atoms with Crippen LogP contribution in [0.5, 0.6) is 0 Å². The van der Waals surface area contributed by atoms with Crippen molar-refractivity contribution in [3.05, 3.63) is 22.4 Å². The zero-order chi connectivity index (χ0) is 12.1. The Hall–Kier alpha value is -0.380. The summed E-state index contributed by atoms with van der Waals surface area (Å²) in [5.41, 5.74) is 0. The van der Waals surface area contributed by atoms with Crippen molar-refractivity contribution in [2.45, 2.75) is 32.2 Å². The highest BCUT2D eigenvalue weighted by Crippen LogP contribution is 2.24. The smallest absolute Gasteiger partial charge is 0.0410 e. The van der Waals surface area contributed by atoms with Crippen molar-refractivity contribution < 1.29 is 0 Å². The van der Waals surface area contributed by atoms with Crippen LogP contribution in [0, 0.1) is 5.92 Å². The van der Waals surface area contributed by atoms with Crippen LogP contribution in [-0.4, -0.2) is 31.6 Å². The fraction of sp³-hybridized carbons (Fsp3) is 0.714. The Morgan fingerprint density at radius 3 is 3.12 bits per heavy atom. The molecule has 2 unspecified atom stereocenters. The first-order chi connectivity index (χ1) is 8.27. The maximum Gasteiger partial charge on any atom is 0.0410 e. The summed E-state index contributed by atoms with van der Waals surface area (Å²) in [6, 6.07) is 4.95. The van der Waals surface area contributed by atoms with E-state index in [0.717, 1.165) is 5.92 Å². The van der Waals surface area contributed by atoms with E-state index >= 15 is 0 Å². The summed E-state index contributed by atoms with van der Waals surface area (Å²) < 4.78 is 0. The molecular formula is C14H24N2S. The molecule has 2 nitrogen and oxygen atoms in total. The van der Waals surface area contributed by atoms with Crippen molar-refractivity contribution in [2.24, 2.45) is 5.92 Å². The van der Waals surface area contributed by atoms with Gasteiger partial charge in [0.25, 0.3) is 0 Å². The van der Waals surface area contributed by atoms with Crippen LogP contribution >= 0.6 is 11.3 Å². The summed E-state index contributed by atoms with van der Waals surface area (Å²) in [5.74, 6) is 0.890. The van der Waals surface area contributed by atoms with Crippen LogP contribution in [0.3, 0.4) is 0 Å². The van der Waals surface area contributed by atoms with Crippen molar-refractivity contribution in [3.8, 4) is 0 Å². The minimum Gasteiger partial charge on any atom is -0.316 e. The van der Waals surface area contributed by atoms with Gasteiger partial charge in [-0.25, -0.2) is 0 Å². The lowest BCUT2D eigenvalue weighted by Gasteiger charge is -2.28. The van der Waals surface area contributed by atoms with Crippen LogP contribution in [0.25, 0.3) is 0 Å². The topological polar surface area (TPSA) is 15.3 Å². The highest BCUT2D eigenvalue weighted by Gasteiger charge is 2.16. The van der Waals surface area contributed by atoms with Gasteiger partial charge in [-0.05, 0) is 70.2 Å². The van der Waals surface area contributed by atoms with E-state index in [0.29, 0.717) is 6.04 Å². The zero-order valence-electron chi connectivity index (χ0n) is 11.0. The van der Waals surface area contributed by atoms with Crippen LogP contribution in [0.2, 0.25) is 0 Å². The Labute approximate surface area is 109 Å². The van der Waals surface area contributed by atoms with Crippen molar-refractivity contribution >= 4 is 11.3 Å². The Kier molecular flexibility index (Phi) is 5.01. The number of thiophene rings is 1. The van der Waals surface area contributed by atoms with Crippen LogP contribution in [0.1, 0.15) is 37.1 Å². The lowest BCUT2D eigenvalue weighted by atomic mass is 9.96. The molecule has 2 heterocycles. The zero-order valence-corrected chi connectivity index (χ0v) is 11.8. The summed E-state index contributed by atoms with van der Waals surface area (Å²) in [5, 5.41) is 5.67. The van der Waals surface area contributed by atoms with Crippen molar-refractivity contribution in [3.63, 3.8) is 0 Å². The van der Waals surface area contributed by atoms with Crippen LogP contribution < -0.4 is 5.32 Å². The number of rotatable bonds is 5. The first-order valence-corrected chi connectivity index (χ1v) is 7.59. The third-order valence-electron chi connectivity index (χ3n) is 3.91. The fourth-order valence-electron chi connectivity index (χ4n) is 2.50. The minimum absolute atomic E-state index is 0.562. The van der Waals surface area contributed by atoms with E-state index < -0.39 is 0 Å². The summed E-state index contributed by atoms with van der Waals surface area (Å²) in [7, 11) is 2.25. The second-order valence-corrected chi connectivity index (χ2v) is 6.15. The van der Waals surface area contributed by atoms with E-state index in [1.807, 2.05) is 11.3 Å². The molecule has 0 radical (unpaired) electrons. The Bertz CT molecular complexity index is 304. The molecule has 0 spiro atoms. The Morgan fingerprint density at radius 1 is 1.59 bits per heavy atom. The molecule has 3 heteroatoms. The molecule has 1 aliphatic rings. The first-order valence-electron chi connectivity index (χ1n) is 6.71. The van der Waals surface area contributed by atoms with Gasteiger partial charge in [0.1, 0.15) is 0 Å². The molecule has 1 fully saturated rings. The van der Waals surface area contributed by atoms with Crippen LogP contribution in [0.15, 0.2) is 17.5 Å². The van der Waals surface area contributed by atoms with Gasteiger partial charge in [0.2, 0.25) is 0 Å². The summed E-state index contributed by atoms with van der Waals surface area (Å²) >= 11 is 1.87. The number of piperidine rings is 1. The van der Waals surface area contributed by atoms with Gasteiger partial charge < -0.3 is 5.32 Å². The highest BCUT2D eigenvalue weighted by atomic mass is 32.1. The normalized spacial score (nSPS) is 22.9. The first kappa shape index (κ1) is 13.1. The maximum absolute atomic E-state index is 3.50. The average molecular weight is 252 g/mol. The number of hydrogen-bond acceptors (Lipinski definition) is 3. The minimum atomic E-state index is 0.562. The number of nitrogens with one attached hydrogen (secondary N) is 1. The molecule has 0 aliphatic carbocycles. The molecule has 1 N–H and O–H groups in total. The van der Waals surface area contributed by atoms with E-state index in [4.69, 9.17) is 0 Å². The highest BCUT2D eigenvalue weighted by molar-refractivity contribution is 7.10. The molecule has 0 bridgehead atoms. The van der Waals surface area contributed by atoms with E-state index in [9.17, 15) is 0 Å². The number of nitrogens with zero attached hydrogens (tertiary/aromatic N) is 1. The lowest BCUT2D eigenvalue weighted by molar-refractivity contribution is 0.230. The standard InChI is InChI=1S/C14H24N2S/c1-12(14-6-4-10-17-14)16(2)9-7-13-5-3-8-15-11-13/h4,6,10,12-13,15H,3,5,7-9,11H2,1-2H3. The quantitative estimate of drug-likeness (QED) is 0.866. The summed E-state index contributed by atoms with van der Waals surface area (Å²) in [6.45, 7) is 5.97. The molecule has 1 aromatic heterocycles. The Balaban J connectivity index is 1.74. The van der Waals surface area contributed by atoms with Gasteiger partial charge in [-0.15, -0.1) is 11.3 Å². The van der Waals surface area contributed by atoms with Gasteiger partial charge in [0, 0.05) is 10.9 Å². The second-order valence-electron chi connectivity index (χ2n) is 5.17. The molecule has 2 rings (SSSR count). The SMILES string of the molecule is CC(c1cccs1)N(C)CCC1CCCNC1. The molecule has 1 saturated heterocycles. The maximum atomic E-state index is 3.50. The predicted molar refractivity (Wildman–Crippen MR) is 75.6 cm³/mol.